The Morgan fingerprint density at radius 1 is 1.44 bits per heavy atom. The standard InChI is InChI=1S/C12H17N3O/c1-9-12(15-7-6-13-9)11(16)8-10-4-2-3-5-14-10/h6-7,10,14H,2-5,8H2,1H3. The van der Waals surface area contributed by atoms with Gasteiger partial charge < -0.3 is 5.32 Å². The molecule has 1 aliphatic heterocycles. The van der Waals surface area contributed by atoms with Crippen molar-refractivity contribution in [1.82, 2.24) is 15.3 Å². The van der Waals surface area contributed by atoms with E-state index in [-0.39, 0.29) is 5.78 Å². The molecule has 0 aliphatic carbocycles. The number of ketones is 1. The van der Waals surface area contributed by atoms with Gasteiger partial charge in [-0.3, -0.25) is 9.78 Å². The predicted molar refractivity (Wildman–Crippen MR) is 61.4 cm³/mol. The molecule has 0 aromatic carbocycles. The molecular formula is C12H17N3O. The molecule has 1 aromatic heterocycles. The van der Waals surface area contributed by atoms with E-state index >= 15 is 0 Å². The highest BCUT2D eigenvalue weighted by molar-refractivity contribution is 5.95. The Hall–Kier alpha value is -1.29. The number of hydrogen-bond donors (Lipinski definition) is 1. The van der Waals surface area contributed by atoms with Crippen molar-refractivity contribution < 1.29 is 4.79 Å². The third kappa shape index (κ3) is 2.64. The fourth-order valence-corrected chi connectivity index (χ4v) is 2.10. The zero-order valence-electron chi connectivity index (χ0n) is 9.57. The summed E-state index contributed by atoms with van der Waals surface area (Å²) in [6, 6.07) is 0.322. The van der Waals surface area contributed by atoms with Crippen LogP contribution >= 0.6 is 0 Å². The summed E-state index contributed by atoms with van der Waals surface area (Å²) >= 11 is 0. The summed E-state index contributed by atoms with van der Waals surface area (Å²) in [5, 5.41) is 3.37. The van der Waals surface area contributed by atoms with Gasteiger partial charge in [0.15, 0.2) is 5.78 Å². The van der Waals surface area contributed by atoms with Crippen LogP contribution in [0.5, 0.6) is 0 Å². The first kappa shape index (κ1) is 11.2. The van der Waals surface area contributed by atoms with Gasteiger partial charge in [0.2, 0.25) is 0 Å². The number of Topliss-reactive ketones (excluding diaryl/α,β-unsaturated/α-hetero) is 1. The number of carbonyl (C=O) groups is 1. The van der Waals surface area contributed by atoms with Crippen LogP contribution in [-0.2, 0) is 0 Å². The highest BCUT2D eigenvalue weighted by atomic mass is 16.1. The second kappa shape index (κ2) is 5.16. The van der Waals surface area contributed by atoms with Gasteiger partial charge >= 0.3 is 0 Å². The van der Waals surface area contributed by atoms with Gasteiger partial charge in [-0.25, -0.2) is 4.98 Å². The fourth-order valence-electron chi connectivity index (χ4n) is 2.10. The molecule has 1 saturated heterocycles. The molecule has 0 amide bonds. The number of carbonyl (C=O) groups excluding carboxylic acids is 1. The first-order valence-electron chi connectivity index (χ1n) is 5.81. The van der Waals surface area contributed by atoms with Crippen molar-refractivity contribution in [3.63, 3.8) is 0 Å². The molecule has 1 atom stereocenters. The Labute approximate surface area is 95.5 Å². The maximum absolute atomic E-state index is 12.0. The summed E-state index contributed by atoms with van der Waals surface area (Å²) in [6.07, 6.45) is 7.25. The van der Waals surface area contributed by atoms with E-state index < -0.39 is 0 Å². The molecule has 2 rings (SSSR count). The topological polar surface area (TPSA) is 54.9 Å². The third-order valence-electron chi connectivity index (χ3n) is 2.99. The highest BCUT2D eigenvalue weighted by Gasteiger charge is 2.19. The molecule has 4 heteroatoms. The molecular weight excluding hydrogens is 202 g/mol. The fraction of sp³-hybridized carbons (Fsp3) is 0.583. The lowest BCUT2D eigenvalue weighted by Crippen LogP contribution is -2.35. The van der Waals surface area contributed by atoms with Crippen LogP contribution in [-0.4, -0.2) is 28.3 Å². The molecule has 4 nitrogen and oxygen atoms in total. The zero-order valence-corrected chi connectivity index (χ0v) is 9.57. The minimum absolute atomic E-state index is 0.102. The van der Waals surface area contributed by atoms with Gasteiger partial charge in [0.05, 0.1) is 5.69 Å². The first-order valence-corrected chi connectivity index (χ1v) is 5.81. The summed E-state index contributed by atoms with van der Waals surface area (Å²) in [5.41, 5.74) is 1.25. The Morgan fingerprint density at radius 3 is 2.94 bits per heavy atom. The molecule has 1 N–H and O–H groups in total. The van der Waals surface area contributed by atoms with Gasteiger partial charge in [-0.15, -0.1) is 0 Å². The zero-order chi connectivity index (χ0) is 11.4. The number of nitrogens with one attached hydrogen (secondary N) is 1. The van der Waals surface area contributed by atoms with Crippen LogP contribution in [0.15, 0.2) is 12.4 Å². The average molecular weight is 219 g/mol. The van der Waals surface area contributed by atoms with E-state index in [0.717, 1.165) is 18.7 Å². The van der Waals surface area contributed by atoms with Crippen LogP contribution in [0.2, 0.25) is 0 Å². The lowest BCUT2D eigenvalue weighted by atomic mass is 9.98. The number of hydrogen-bond acceptors (Lipinski definition) is 4. The van der Waals surface area contributed by atoms with Gasteiger partial charge in [-0.05, 0) is 26.3 Å². The van der Waals surface area contributed by atoms with E-state index in [1.165, 1.54) is 12.8 Å². The lowest BCUT2D eigenvalue weighted by molar-refractivity contribution is 0.0957. The number of aryl methyl sites for hydroxylation is 1. The maximum atomic E-state index is 12.0. The van der Waals surface area contributed by atoms with Crippen LogP contribution in [0.4, 0.5) is 0 Å². The SMILES string of the molecule is Cc1nccnc1C(=O)CC1CCCCN1. The van der Waals surface area contributed by atoms with Crippen LogP contribution in [0.1, 0.15) is 41.9 Å². The van der Waals surface area contributed by atoms with Gasteiger partial charge in [0, 0.05) is 24.9 Å². The predicted octanol–water partition coefficient (Wildman–Crippen LogP) is 1.50. The van der Waals surface area contributed by atoms with Crippen molar-refractivity contribution in [2.75, 3.05) is 6.54 Å². The normalized spacial score (nSPS) is 20.7. The molecule has 1 fully saturated rings. The van der Waals surface area contributed by atoms with Crippen molar-refractivity contribution in [3.05, 3.63) is 23.8 Å². The smallest absolute Gasteiger partial charge is 0.184 e. The summed E-state index contributed by atoms with van der Waals surface area (Å²) in [5.74, 6) is 0.102. The molecule has 1 unspecified atom stereocenters. The van der Waals surface area contributed by atoms with Crippen LogP contribution in [0.3, 0.4) is 0 Å². The van der Waals surface area contributed by atoms with Crippen molar-refractivity contribution in [2.24, 2.45) is 0 Å². The Bertz CT molecular complexity index is 372. The minimum Gasteiger partial charge on any atom is -0.314 e. The van der Waals surface area contributed by atoms with Crippen molar-refractivity contribution in [3.8, 4) is 0 Å². The first-order chi connectivity index (χ1) is 7.77. The molecule has 0 bridgehead atoms. The Balaban J connectivity index is 2.00. The van der Waals surface area contributed by atoms with E-state index in [2.05, 4.69) is 15.3 Å². The second-order valence-electron chi connectivity index (χ2n) is 4.26. The van der Waals surface area contributed by atoms with Crippen molar-refractivity contribution in [2.45, 2.75) is 38.6 Å². The van der Waals surface area contributed by atoms with Gasteiger partial charge in [0.1, 0.15) is 5.69 Å². The molecule has 0 spiro atoms. The molecule has 0 saturated carbocycles. The van der Waals surface area contributed by atoms with E-state index in [1.54, 1.807) is 12.4 Å². The molecule has 2 heterocycles. The molecule has 1 aliphatic rings. The van der Waals surface area contributed by atoms with E-state index in [4.69, 9.17) is 0 Å². The molecule has 0 radical (unpaired) electrons. The van der Waals surface area contributed by atoms with E-state index in [1.807, 2.05) is 6.92 Å². The van der Waals surface area contributed by atoms with Crippen molar-refractivity contribution in [1.29, 1.82) is 0 Å². The quantitative estimate of drug-likeness (QED) is 0.783. The number of aromatic nitrogens is 2. The largest absolute Gasteiger partial charge is 0.314 e. The van der Waals surface area contributed by atoms with Crippen LogP contribution < -0.4 is 5.32 Å². The summed E-state index contributed by atoms with van der Waals surface area (Å²) in [4.78, 5) is 20.2. The summed E-state index contributed by atoms with van der Waals surface area (Å²) in [6.45, 7) is 2.85. The van der Waals surface area contributed by atoms with Gasteiger partial charge in [0.25, 0.3) is 0 Å². The Kier molecular flexibility index (Phi) is 3.62. The average Bonchev–Trinajstić information content (AvgIpc) is 2.31. The maximum Gasteiger partial charge on any atom is 0.184 e. The monoisotopic (exact) mass is 219 g/mol. The number of nitrogens with zero attached hydrogens (tertiary/aromatic N) is 2. The van der Waals surface area contributed by atoms with Crippen molar-refractivity contribution >= 4 is 5.78 Å². The van der Waals surface area contributed by atoms with E-state index in [9.17, 15) is 4.79 Å². The lowest BCUT2D eigenvalue weighted by Gasteiger charge is -2.22. The summed E-state index contributed by atoms with van der Waals surface area (Å²) in [7, 11) is 0. The number of rotatable bonds is 3. The highest BCUT2D eigenvalue weighted by Crippen LogP contribution is 2.13. The second-order valence-corrected chi connectivity index (χ2v) is 4.26. The van der Waals surface area contributed by atoms with Crippen LogP contribution in [0.25, 0.3) is 0 Å². The molecule has 1 aromatic rings. The minimum atomic E-state index is 0.102. The third-order valence-corrected chi connectivity index (χ3v) is 2.99. The van der Waals surface area contributed by atoms with Gasteiger partial charge in [-0.2, -0.15) is 0 Å². The van der Waals surface area contributed by atoms with Crippen LogP contribution in [0, 0.1) is 6.92 Å². The molecule has 16 heavy (non-hydrogen) atoms. The van der Waals surface area contributed by atoms with Gasteiger partial charge in [-0.1, -0.05) is 6.42 Å². The molecule has 86 valence electrons. The Morgan fingerprint density at radius 2 is 2.25 bits per heavy atom. The summed E-state index contributed by atoms with van der Waals surface area (Å²) < 4.78 is 0. The van der Waals surface area contributed by atoms with E-state index in [0.29, 0.717) is 18.2 Å². The number of piperidine rings is 1.